The van der Waals surface area contributed by atoms with Gasteiger partial charge in [-0.3, -0.25) is 28.8 Å². The highest BCUT2D eigenvalue weighted by Gasteiger charge is 2.31. The van der Waals surface area contributed by atoms with Gasteiger partial charge in [0.25, 0.3) is 0 Å². The van der Waals surface area contributed by atoms with Gasteiger partial charge >= 0.3 is 11.9 Å². The average Bonchev–Trinajstić information content (AvgIpc) is 3.17. The van der Waals surface area contributed by atoms with Crippen LogP contribution in [0, 0.1) is 11.8 Å². The molecule has 0 N–H and O–H groups in total. The van der Waals surface area contributed by atoms with Crippen LogP contribution in [0.4, 0.5) is 11.4 Å². The second kappa shape index (κ2) is 18.9. The van der Waals surface area contributed by atoms with E-state index in [2.05, 4.69) is 0 Å². The Balaban J connectivity index is 1.31. The lowest BCUT2D eigenvalue weighted by atomic mass is 9.86. The summed E-state index contributed by atoms with van der Waals surface area (Å²) >= 11 is 0. The smallest absolute Gasteiger partial charge is 0.305 e. The number of ether oxygens (including phenoxy) is 2. The third-order valence-corrected chi connectivity index (χ3v) is 8.58. The molecule has 0 bridgehead atoms. The van der Waals surface area contributed by atoms with Gasteiger partial charge in [0.15, 0.2) is 23.1 Å². The Morgan fingerprint density at radius 3 is 1.27 bits per heavy atom. The van der Waals surface area contributed by atoms with E-state index in [0.29, 0.717) is 22.3 Å². The summed E-state index contributed by atoms with van der Waals surface area (Å²) in [5.74, 6) is -5.09. The molecular weight excluding hydrogens is 660 g/mol. The molecule has 0 radical (unpaired) electrons. The predicted molar refractivity (Wildman–Crippen MR) is 199 cm³/mol. The molecule has 0 aromatic heterocycles. The predicted octanol–water partition coefficient (Wildman–Crippen LogP) is 6.53. The number of anilines is 2. The zero-order valence-electron chi connectivity index (χ0n) is 30.0. The highest BCUT2D eigenvalue weighted by atomic mass is 16.6. The van der Waals surface area contributed by atoms with E-state index in [0.717, 1.165) is 11.4 Å². The van der Waals surface area contributed by atoms with E-state index in [9.17, 15) is 28.8 Å². The molecule has 0 aliphatic carbocycles. The third kappa shape index (κ3) is 10.8. The molecule has 4 aromatic rings. The zero-order valence-corrected chi connectivity index (χ0v) is 30.0. The van der Waals surface area contributed by atoms with Gasteiger partial charge in [0.2, 0.25) is 0 Å². The molecule has 4 rings (SSSR count). The second-order valence-corrected chi connectivity index (χ2v) is 12.7. The first-order valence-corrected chi connectivity index (χ1v) is 17.1. The van der Waals surface area contributed by atoms with Crippen molar-refractivity contribution in [1.82, 2.24) is 0 Å². The van der Waals surface area contributed by atoms with Crippen LogP contribution < -0.4 is 9.80 Å². The maximum atomic E-state index is 13.6. The number of benzene rings is 4. The first kappa shape index (κ1) is 38.9. The minimum atomic E-state index is -1.11. The second-order valence-electron chi connectivity index (χ2n) is 12.7. The minimum absolute atomic E-state index is 0.0665. The molecule has 0 saturated heterocycles. The van der Waals surface area contributed by atoms with Gasteiger partial charge in [0, 0.05) is 74.7 Å². The van der Waals surface area contributed by atoms with Crippen LogP contribution in [0.2, 0.25) is 0 Å². The quantitative estimate of drug-likeness (QED) is 0.0460. The molecule has 52 heavy (non-hydrogen) atoms. The van der Waals surface area contributed by atoms with Gasteiger partial charge in [0.05, 0.1) is 11.8 Å². The van der Waals surface area contributed by atoms with Crippen molar-refractivity contribution in [2.45, 2.75) is 25.7 Å². The molecule has 0 aliphatic rings. The lowest BCUT2D eigenvalue weighted by Gasteiger charge is -2.17. The van der Waals surface area contributed by atoms with Crippen molar-refractivity contribution in [3.05, 3.63) is 131 Å². The molecule has 0 fully saturated rings. The van der Waals surface area contributed by atoms with Crippen molar-refractivity contribution in [3.8, 4) is 0 Å². The highest BCUT2D eigenvalue weighted by Crippen LogP contribution is 2.24. The summed E-state index contributed by atoms with van der Waals surface area (Å²) in [4.78, 5) is 83.0. The van der Waals surface area contributed by atoms with Gasteiger partial charge in [-0.1, -0.05) is 72.8 Å². The number of esters is 2. The Kier molecular flexibility index (Phi) is 14.1. The summed E-state index contributed by atoms with van der Waals surface area (Å²) < 4.78 is 10.5. The van der Waals surface area contributed by atoms with Crippen LogP contribution in [0.3, 0.4) is 0 Å². The van der Waals surface area contributed by atoms with E-state index in [1.165, 1.54) is 0 Å². The molecule has 0 saturated carbocycles. The van der Waals surface area contributed by atoms with E-state index in [4.69, 9.17) is 9.47 Å². The van der Waals surface area contributed by atoms with Gasteiger partial charge in [-0.2, -0.15) is 0 Å². The Bertz CT molecular complexity index is 1850. The number of hydrogen-bond acceptors (Lipinski definition) is 10. The maximum Gasteiger partial charge on any atom is 0.305 e. The molecule has 10 heteroatoms. The minimum Gasteiger partial charge on any atom is -0.462 e. The summed E-state index contributed by atoms with van der Waals surface area (Å²) in [6.07, 6.45) is -0.556. The topological polar surface area (TPSA) is 127 Å². The van der Waals surface area contributed by atoms with E-state index < -0.39 is 46.9 Å². The Hall–Kier alpha value is -5.90. The molecule has 2 atom stereocenters. The number of rotatable bonds is 19. The number of hydrogen-bond donors (Lipinski definition) is 0. The zero-order chi connectivity index (χ0) is 37.6. The van der Waals surface area contributed by atoms with Gasteiger partial charge in [0.1, 0.15) is 13.2 Å². The molecule has 0 heterocycles. The highest BCUT2D eigenvalue weighted by molar-refractivity contribution is 6.17. The summed E-state index contributed by atoms with van der Waals surface area (Å²) in [5.41, 5.74) is 3.13. The molecule has 2 unspecified atom stereocenters. The molecule has 4 aromatic carbocycles. The number of carbonyl (C=O) groups is 6. The lowest BCUT2D eigenvalue weighted by Crippen LogP contribution is -2.26. The van der Waals surface area contributed by atoms with Crippen molar-refractivity contribution in [2.24, 2.45) is 11.8 Å². The average molecular weight is 705 g/mol. The van der Waals surface area contributed by atoms with Crippen molar-refractivity contribution in [3.63, 3.8) is 0 Å². The van der Waals surface area contributed by atoms with Crippen LogP contribution in [0.1, 0.15) is 67.1 Å². The SMILES string of the molecule is CN(C)c1ccc(C(=O)C(CCC(=O)OCCOC(=O)CCC(C(=O)c2ccccc2)C(=O)c2cccc(N(C)C)c2)C(=O)c2ccccc2)cc1. The van der Waals surface area contributed by atoms with E-state index in [1.54, 1.807) is 103 Å². The van der Waals surface area contributed by atoms with Gasteiger partial charge in [-0.15, -0.1) is 0 Å². The Morgan fingerprint density at radius 2 is 0.846 bits per heavy atom. The maximum absolute atomic E-state index is 13.6. The first-order valence-electron chi connectivity index (χ1n) is 17.1. The third-order valence-electron chi connectivity index (χ3n) is 8.58. The van der Waals surface area contributed by atoms with Crippen molar-refractivity contribution in [2.75, 3.05) is 51.2 Å². The normalized spacial score (nSPS) is 11.8. The summed E-state index contributed by atoms with van der Waals surface area (Å²) in [6, 6.07) is 30.7. The molecule has 270 valence electrons. The molecule has 0 amide bonds. The fraction of sp³-hybridized carbons (Fsp3) is 0.286. The molecular formula is C42H44N2O8. The summed E-state index contributed by atoms with van der Waals surface area (Å²) in [5, 5.41) is 0. The van der Waals surface area contributed by atoms with E-state index in [-0.39, 0.29) is 38.9 Å². The molecule has 0 spiro atoms. The number of Topliss-reactive ketones (excluding diaryl/α,β-unsaturated/α-hetero) is 4. The number of nitrogens with zero attached hydrogens (tertiary/aromatic N) is 2. The fourth-order valence-electron chi connectivity index (χ4n) is 5.61. The van der Waals surface area contributed by atoms with Crippen LogP contribution in [0.5, 0.6) is 0 Å². The summed E-state index contributed by atoms with van der Waals surface area (Å²) in [6.45, 7) is -0.491. The van der Waals surface area contributed by atoms with E-state index in [1.807, 2.05) is 44.1 Å². The van der Waals surface area contributed by atoms with Crippen LogP contribution in [0.15, 0.2) is 109 Å². The van der Waals surface area contributed by atoms with Crippen molar-refractivity contribution in [1.29, 1.82) is 0 Å². The van der Waals surface area contributed by atoms with Gasteiger partial charge in [-0.05, 0) is 49.2 Å². The standard InChI is InChI=1S/C42H44N2O8/c1-43(2)33-20-18-31(19-21-33)41(49)35(39(47)29-12-7-5-8-13-29)22-24-37(45)51-26-27-52-38(46)25-23-36(40(48)30-14-9-6-10-15-30)42(50)32-16-11-17-34(28-32)44(3)4/h5-21,28,35-36H,22-27H2,1-4H3. The number of carbonyl (C=O) groups excluding carboxylic acids is 6. The molecule has 0 aliphatic heterocycles. The Labute approximate surface area is 304 Å². The van der Waals surface area contributed by atoms with E-state index >= 15 is 0 Å². The largest absolute Gasteiger partial charge is 0.462 e. The summed E-state index contributed by atoms with van der Waals surface area (Å²) in [7, 11) is 7.46. The van der Waals surface area contributed by atoms with Crippen LogP contribution in [-0.4, -0.2) is 76.5 Å². The van der Waals surface area contributed by atoms with Crippen LogP contribution >= 0.6 is 0 Å². The fourth-order valence-corrected chi connectivity index (χ4v) is 5.61. The van der Waals surface area contributed by atoms with Crippen LogP contribution in [0.25, 0.3) is 0 Å². The first-order chi connectivity index (χ1) is 25.0. The molecule has 10 nitrogen and oxygen atoms in total. The number of ketones is 4. The van der Waals surface area contributed by atoms with Crippen molar-refractivity contribution >= 4 is 46.4 Å². The van der Waals surface area contributed by atoms with Crippen LogP contribution in [-0.2, 0) is 19.1 Å². The monoisotopic (exact) mass is 704 g/mol. The lowest BCUT2D eigenvalue weighted by molar-refractivity contribution is -0.152. The van der Waals surface area contributed by atoms with Gasteiger partial charge < -0.3 is 19.3 Å². The van der Waals surface area contributed by atoms with Crippen molar-refractivity contribution < 1.29 is 38.2 Å². The Morgan fingerprint density at radius 1 is 0.462 bits per heavy atom. The van der Waals surface area contributed by atoms with Gasteiger partial charge in [-0.25, -0.2) is 0 Å².